The van der Waals surface area contributed by atoms with Crippen LogP contribution in [0.1, 0.15) is 38.8 Å². The number of carbonyl (C=O) groups excluding carboxylic acids is 3. The minimum Gasteiger partial charge on any atom is -0.508 e. The summed E-state index contributed by atoms with van der Waals surface area (Å²) in [5.74, 6) is -1.26. The fraction of sp³-hybridized carbons (Fsp3) is 0.270. The predicted molar refractivity (Wildman–Crippen MR) is 173 cm³/mol. The third kappa shape index (κ3) is 8.84. The number of carbonyl (C=O) groups is 3. The summed E-state index contributed by atoms with van der Waals surface area (Å²) in [5.41, 5.74) is 3.63. The summed E-state index contributed by atoms with van der Waals surface area (Å²) in [7, 11) is 0. The molecular formula is C37H36O11. The highest BCUT2D eigenvalue weighted by molar-refractivity contribution is 5.92. The van der Waals surface area contributed by atoms with Gasteiger partial charge in [0.2, 0.25) is 0 Å². The van der Waals surface area contributed by atoms with E-state index < -0.39 is 42.3 Å². The first-order valence-corrected chi connectivity index (χ1v) is 15.2. The summed E-state index contributed by atoms with van der Waals surface area (Å²) in [6, 6.07) is 19.6. The number of hydrogen-bond donors (Lipinski definition) is 1. The monoisotopic (exact) mass is 656 g/mol. The fourth-order valence-corrected chi connectivity index (χ4v) is 4.95. The highest BCUT2D eigenvalue weighted by Crippen LogP contribution is 2.27. The van der Waals surface area contributed by atoms with Crippen molar-refractivity contribution in [2.24, 2.45) is 0 Å². The van der Waals surface area contributed by atoms with Gasteiger partial charge in [-0.2, -0.15) is 0 Å². The molecule has 1 N–H and O–H groups in total. The summed E-state index contributed by atoms with van der Waals surface area (Å²) in [5, 5.41) is 9.50. The molecule has 4 unspecified atom stereocenters. The van der Waals surface area contributed by atoms with Crippen LogP contribution in [0, 0.1) is 6.92 Å². The first-order chi connectivity index (χ1) is 23.2. The van der Waals surface area contributed by atoms with Crippen LogP contribution >= 0.6 is 0 Å². The van der Waals surface area contributed by atoms with E-state index in [0.29, 0.717) is 11.1 Å². The van der Waals surface area contributed by atoms with Gasteiger partial charge in [-0.25, -0.2) is 14.4 Å². The lowest BCUT2D eigenvalue weighted by Gasteiger charge is -2.43. The molecule has 11 heteroatoms. The molecule has 0 spiro atoms. The normalized spacial score (nSPS) is 21.0. The molecule has 2 aliphatic heterocycles. The lowest BCUT2D eigenvalue weighted by Crippen LogP contribution is -2.59. The maximum absolute atomic E-state index is 12.8. The van der Waals surface area contributed by atoms with Crippen LogP contribution in [-0.4, -0.2) is 74.2 Å². The van der Waals surface area contributed by atoms with Crippen LogP contribution < -0.4 is 4.74 Å². The Morgan fingerprint density at radius 3 is 1.77 bits per heavy atom. The summed E-state index contributed by atoms with van der Waals surface area (Å²) in [4.78, 5) is 37.9. The van der Waals surface area contributed by atoms with Crippen molar-refractivity contribution in [2.75, 3.05) is 26.8 Å². The van der Waals surface area contributed by atoms with E-state index in [1.807, 2.05) is 19.1 Å². The maximum atomic E-state index is 12.8. The fourth-order valence-electron chi connectivity index (χ4n) is 4.95. The molecule has 0 radical (unpaired) electrons. The summed E-state index contributed by atoms with van der Waals surface area (Å²) >= 11 is 0. The highest BCUT2D eigenvalue weighted by Gasteiger charge is 2.45. The van der Waals surface area contributed by atoms with Crippen LogP contribution in [0.25, 0.3) is 5.57 Å². The highest BCUT2D eigenvalue weighted by atomic mass is 16.8. The number of aromatic hydroxyl groups is 1. The number of hydrogen-bond acceptors (Lipinski definition) is 11. The van der Waals surface area contributed by atoms with Crippen LogP contribution in [0.15, 0.2) is 103 Å². The number of allylic oxidation sites excluding steroid dienone is 4. The zero-order valence-corrected chi connectivity index (χ0v) is 26.5. The summed E-state index contributed by atoms with van der Waals surface area (Å²) < 4.78 is 39.2. The van der Waals surface area contributed by atoms with Crippen molar-refractivity contribution in [3.8, 4) is 11.5 Å². The third-order valence-corrected chi connectivity index (χ3v) is 7.74. The lowest BCUT2D eigenvalue weighted by molar-refractivity contribution is -0.328. The SMILES string of the molecule is C=C/C(=C\C=C(/C)C(=O)Oc1ccc(C(=O)OCC2OCOC3C(COC(=O)c4ccc(C)cc4)OCOC23)cc1)c1ccc(O)cc1. The van der Waals surface area contributed by atoms with Crippen molar-refractivity contribution >= 4 is 23.5 Å². The Bertz CT molecular complexity index is 1660. The van der Waals surface area contributed by atoms with Crippen LogP contribution in [0.4, 0.5) is 0 Å². The number of fused-ring (bicyclic) bond motifs is 1. The predicted octanol–water partition coefficient (Wildman–Crippen LogP) is 5.32. The van der Waals surface area contributed by atoms with Crippen LogP contribution in [0.5, 0.6) is 11.5 Å². The number of benzene rings is 3. The van der Waals surface area contributed by atoms with Crippen LogP contribution in [0.3, 0.4) is 0 Å². The second-order valence-electron chi connectivity index (χ2n) is 11.1. The van der Waals surface area contributed by atoms with Crippen molar-refractivity contribution in [1.29, 1.82) is 0 Å². The maximum Gasteiger partial charge on any atom is 0.339 e. The van der Waals surface area contributed by atoms with E-state index in [0.717, 1.165) is 16.7 Å². The van der Waals surface area contributed by atoms with Crippen molar-refractivity contribution in [2.45, 2.75) is 38.3 Å². The second-order valence-corrected chi connectivity index (χ2v) is 11.1. The largest absolute Gasteiger partial charge is 0.508 e. The van der Waals surface area contributed by atoms with E-state index in [2.05, 4.69) is 6.58 Å². The zero-order chi connectivity index (χ0) is 34.0. The quantitative estimate of drug-likeness (QED) is 0.124. The van der Waals surface area contributed by atoms with E-state index in [1.54, 1.807) is 61.5 Å². The Kier molecular flexibility index (Phi) is 11.5. The van der Waals surface area contributed by atoms with Gasteiger partial charge in [0.1, 0.15) is 62.7 Å². The molecule has 250 valence electrons. The molecular weight excluding hydrogens is 620 g/mol. The Morgan fingerprint density at radius 2 is 1.25 bits per heavy atom. The molecule has 0 amide bonds. The van der Waals surface area contributed by atoms with Gasteiger partial charge in [0.05, 0.1) is 11.1 Å². The molecule has 2 heterocycles. The standard InChI is InChI=1S/C37H36O11/c1-4-25(26-11-15-29(38)16-12-26)10-7-24(3)35(39)48-30-17-13-28(14-18-30)37(41)43-20-32-34-33(46-22-45-32)31(44-21-47-34)19-42-36(40)27-8-5-23(2)6-9-27/h4-18,31-34,38H,1,19-22H2,2-3H3/b24-7+,25-10+. The Morgan fingerprint density at radius 1 is 0.750 bits per heavy atom. The molecule has 11 nitrogen and oxygen atoms in total. The molecule has 0 aliphatic carbocycles. The minimum absolute atomic E-state index is 0.0532. The molecule has 0 bridgehead atoms. The van der Waals surface area contributed by atoms with Crippen LogP contribution in [-0.2, 0) is 33.2 Å². The molecule has 2 saturated heterocycles. The smallest absolute Gasteiger partial charge is 0.339 e. The number of phenols is 1. The van der Waals surface area contributed by atoms with Gasteiger partial charge in [0.25, 0.3) is 0 Å². The summed E-state index contributed by atoms with van der Waals surface area (Å²) in [6.07, 6.45) is 2.50. The molecule has 0 aromatic heterocycles. The molecule has 5 rings (SSSR count). The van der Waals surface area contributed by atoms with Gasteiger partial charge in [0, 0.05) is 5.57 Å². The topological polar surface area (TPSA) is 136 Å². The van der Waals surface area contributed by atoms with Gasteiger partial charge in [-0.1, -0.05) is 54.6 Å². The molecule has 4 atom stereocenters. The minimum atomic E-state index is -0.647. The Labute approximate surface area is 277 Å². The number of esters is 3. The Balaban J connectivity index is 1.11. The average molecular weight is 657 g/mol. The average Bonchev–Trinajstić information content (AvgIpc) is 3.11. The van der Waals surface area contributed by atoms with Gasteiger partial charge >= 0.3 is 17.9 Å². The van der Waals surface area contributed by atoms with Gasteiger partial charge < -0.3 is 38.3 Å². The van der Waals surface area contributed by atoms with Gasteiger partial charge in [-0.15, -0.1) is 0 Å². The number of ether oxygens (including phenoxy) is 7. The molecule has 48 heavy (non-hydrogen) atoms. The number of phenolic OH excluding ortho intramolecular Hbond substituents is 1. The van der Waals surface area contributed by atoms with E-state index in [-0.39, 0.29) is 43.9 Å². The molecule has 3 aromatic carbocycles. The van der Waals surface area contributed by atoms with Gasteiger partial charge in [-0.05, 0) is 73.5 Å². The molecule has 2 aliphatic rings. The summed E-state index contributed by atoms with van der Waals surface area (Å²) in [6.45, 7) is 7.01. The van der Waals surface area contributed by atoms with Crippen molar-refractivity contribution < 1.29 is 52.6 Å². The number of aryl methyl sites for hydroxylation is 1. The lowest BCUT2D eigenvalue weighted by atomic mass is 10.0. The zero-order valence-electron chi connectivity index (χ0n) is 26.5. The van der Waals surface area contributed by atoms with Gasteiger partial charge in [0.15, 0.2) is 0 Å². The van der Waals surface area contributed by atoms with E-state index in [4.69, 9.17) is 33.2 Å². The molecule has 3 aromatic rings. The Hall–Kier alpha value is -5.07. The first kappa shape index (κ1) is 34.3. The van der Waals surface area contributed by atoms with Crippen LogP contribution in [0.2, 0.25) is 0 Å². The molecule has 0 saturated carbocycles. The second kappa shape index (κ2) is 16.2. The van der Waals surface area contributed by atoms with Gasteiger partial charge in [-0.3, -0.25) is 0 Å². The van der Waals surface area contributed by atoms with E-state index in [9.17, 15) is 19.5 Å². The number of rotatable bonds is 11. The first-order valence-electron chi connectivity index (χ1n) is 15.2. The van der Waals surface area contributed by atoms with E-state index in [1.165, 1.54) is 24.3 Å². The van der Waals surface area contributed by atoms with Crippen molar-refractivity contribution in [3.05, 3.63) is 125 Å². The van der Waals surface area contributed by atoms with Crippen molar-refractivity contribution in [1.82, 2.24) is 0 Å². The van der Waals surface area contributed by atoms with Crippen molar-refractivity contribution in [3.63, 3.8) is 0 Å². The molecule has 2 fully saturated rings. The third-order valence-electron chi connectivity index (χ3n) is 7.74. The van der Waals surface area contributed by atoms with E-state index >= 15 is 0 Å².